The summed E-state index contributed by atoms with van der Waals surface area (Å²) in [6, 6.07) is 1.21. The second kappa shape index (κ2) is 4.24. The fourth-order valence-electron chi connectivity index (χ4n) is 1.84. The molecule has 100 valence electrons. The second-order valence-corrected chi connectivity index (χ2v) is 6.70. The average molecular weight is 303 g/mol. The molecule has 0 spiro atoms. The van der Waals surface area contributed by atoms with Gasteiger partial charge in [0.2, 0.25) is 0 Å². The molecule has 0 aromatic carbocycles. The van der Waals surface area contributed by atoms with Crippen LogP contribution < -0.4 is 0 Å². The van der Waals surface area contributed by atoms with Gasteiger partial charge >= 0.3 is 0 Å². The molecule has 6 nitrogen and oxygen atoms in total. The maximum absolute atomic E-state index is 13.2. The van der Waals surface area contributed by atoms with Crippen molar-refractivity contribution in [3.8, 4) is 11.4 Å². The number of halogens is 2. The van der Waals surface area contributed by atoms with Crippen molar-refractivity contribution in [2.75, 3.05) is 0 Å². The van der Waals surface area contributed by atoms with E-state index in [1.807, 2.05) is 0 Å². The first-order valence-corrected chi connectivity index (χ1v) is 7.78. The third-order valence-electron chi connectivity index (χ3n) is 2.76. The molecule has 1 fully saturated rings. The number of pyridine rings is 1. The normalized spacial score (nSPS) is 15.7. The first-order valence-electron chi connectivity index (χ1n) is 5.47. The third kappa shape index (κ3) is 2.33. The summed E-state index contributed by atoms with van der Waals surface area (Å²) < 4.78 is 37.5. The molecule has 1 aliphatic carbocycles. The van der Waals surface area contributed by atoms with Crippen LogP contribution in [0.4, 0.5) is 4.39 Å². The Morgan fingerprint density at radius 3 is 2.63 bits per heavy atom. The van der Waals surface area contributed by atoms with Gasteiger partial charge in [-0.1, -0.05) is 0 Å². The fourth-order valence-corrected chi connectivity index (χ4v) is 2.76. The zero-order valence-electron chi connectivity index (χ0n) is 9.49. The molecule has 2 aromatic heterocycles. The van der Waals surface area contributed by atoms with E-state index in [0.29, 0.717) is 5.56 Å². The topological polar surface area (TPSA) is 77.7 Å². The highest BCUT2D eigenvalue weighted by Gasteiger charge is 2.34. The van der Waals surface area contributed by atoms with E-state index in [0.717, 1.165) is 19.0 Å². The van der Waals surface area contributed by atoms with Crippen LogP contribution in [0.3, 0.4) is 0 Å². The Balaban J connectivity index is 2.20. The Morgan fingerprint density at radius 1 is 1.32 bits per heavy atom. The van der Waals surface area contributed by atoms with Gasteiger partial charge in [0.05, 0.1) is 6.20 Å². The Bertz CT molecular complexity index is 742. The number of hydrogen-bond donors (Lipinski definition) is 0. The average Bonchev–Trinajstić information content (AvgIpc) is 3.06. The third-order valence-corrected chi connectivity index (χ3v) is 3.89. The van der Waals surface area contributed by atoms with Crippen LogP contribution in [-0.4, -0.2) is 28.2 Å². The molecule has 0 amide bonds. The summed E-state index contributed by atoms with van der Waals surface area (Å²) in [5.41, 5.74) is 0.367. The Labute approximate surface area is 112 Å². The molecule has 0 saturated heterocycles. The summed E-state index contributed by atoms with van der Waals surface area (Å²) in [6.45, 7) is 0. The SMILES string of the molecule is O=S(=O)(Cl)c1nnc(-c2cncc(F)c2)n1C1CC1. The van der Waals surface area contributed by atoms with Crippen molar-refractivity contribution in [2.24, 2.45) is 0 Å². The molecule has 0 atom stereocenters. The summed E-state index contributed by atoms with van der Waals surface area (Å²) in [7, 11) is 1.34. The minimum Gasteiger partial charge on any atom is -0.294 e. The lowest BCUT2D eigenvalue weighted by Gasteiger charge is -2.06. The highest BCUT2D eigenvalue weighted by atomic mass is 35.7. The van der Waals surface area contributed by atoms with Crippen molar-refractivity contribution in [3.05, 3.63) is 24.3 Å². The van der Waals surface area contributed by atoms with Crippen LogP contribution in [-0.2, 0) is 9.05 Å². The van der Waals surface area contributed by atoms with Gasteiger partial charge in [0.15, 0.2) is 5.82 Å². The van der Waals surface area contributed by atoms with Crippen LogP contribution in [0.1, 0.15) is 18.9 Å². The van der Waals surface area contributed by atoms with Crippen molar-refractivity contribution in [1.29, 1.82) is 0 Å². The standard InChI is InChI=1S/C10H8ClFN4O2S/c11-19(17,18)10-15-14-9(16(10)8-1-2-8)6-3-7(12)5-13-4-6/h3-5,8H,1-2H2. The van der Waals surface area contributed by atoms with Crippen molar-refractivity contribution < 1.29 is 12.8 Å². The van der Waals surface area contributed by atoms with Gasteiger partial charge < -0.3 is 0 Å². The van der Waals surface area contributed by atoms with Crippen molar-refractivity contribution in [2.45, 2.75) is 24.0 Å². The molecule has 1 saturated carbocycles. The van der Waals surface area contributed by atoms with Gasteiger partial charge in [-0.2, -0.15) is 0 Å². The minimum absolute atomic E-state index is 0.0169. The van der Waals surface area contributed by atoms with Gasteiger partial charge in [-0.25, -0.2) is 12.8 Å². The molecule has 3 rings (SSSR count). The molecule has 0 bridgehead atoms. The lowest BCUT2D eigenvalue weighted by Crippen LogP contribution is -2.06. The maximum Gasteiger partial charge on any atom is 0.296 e. The molecule has 0 unspecified atom stereocenters. The molecule has 0 aliphatic heterocycles. The van der Waals surface area contributed by atoms with Gasteiger partial charge in [-0.05, 0) is 18.9 Å². The molecule has 9 heteroatoms. The first-order chi connectivity index (χ1) is 8.97. The summed E-state index contributed by atoms with van der Waals surface area (Å²) in [6.07, 6.45) is 4.08. The molecule has 1 aliphatic rings. The lowest BCUT2D eigenvalue weighted by molar-refractivity contribution is 0.579. The molecule has 2 heterocycles. The zero-order valence-corrected chi connectivity index (χ0v) is 11.1. The predicted molar refractivity (Wildman–Crippen MR) is 64.5 cm³/mol. The smallest absolute Gasteiger partial charge is 0.294 e. The number of rotatable bonds is 3. The molecule has 2 aromatic rings. The molecular weight excluding hydrogens is 295 g/mol. The van der Waals surface area contributed by atoms with E-state index in [4.69, 9.17) is 10.7 Å². The van der Waals surface area contributed by atoms with Crippen molar-refractivity contribution in [1.82, 2.24) is 19.7 Å². The Kier molecular flexibility index (Phi) is 2.79. The van der Waals surface area contributed by atoms with Gasteiger partial charge in [-0.15, -0.1) is 10.2 Å². The summed E-state index contributed by atoms with van der Waals surface area (Å²) >= 11 is 0. The van der Waals surface area contributed by atoms with Crippen LogP contribution in [0, 0.1) is 5.82 Å². The van der Waals surface area contributed by atoms with Gasteiger partial charge in [-0.3, -0.25) is 9.55 Å². The zero-order chi connectivity index (χ0) is 13.6. The summed E-state index contributed by atoms with van der Waals surface area (Å²) in [5.74, 6) is -0.271. The van der Waals surface area contributed by atoms with E-state index in [-0.39, 0.29) is 17.0 Å². The van der Waals surface area contributed by atoms with Gasteiger partial charge in [0.25, 0.3) is 14.2 Å². The molecule has 19 heavy (non-hydrogen) atoms. The minimum atomic E-state index is -3.99. The van der Waals surface area contributed by atoms with Gasteiger partial charge in [0, 0.05) is 28.5 Å². The summed E-state index contributed by atoms with van der Waals surface area (Å²) in [5, 5.41) is 7.09. The van der Waals surface area contributed by atoms with E-state index in [1.165, 1.54) is 16.8 Å². The van der Waals surface area contributed by atoms with E-state index in [9.17, 15) is 12.8 Å². The molecular formula is C10H8ClFN4O2S. The fraction of sp³-hybridized carbons (Fsp3) is 0.300. The second-order valence-electron chi connectivity index (χ2n) is 4.24. The van der Waals surface area contributed by atoms with Crippen LogP contribution in [0.25, 0.3) is 11.4 Å². The van der Waals surface area contributed by atoms with Crippen LogP contribution in [0.2, 0.25) is 0 Å². The van der Waals surface area contributed by atoms with Crippen LogP contribution >= 0.6 is 10.7 Å². The number of aromatic nitrogens is 4. The van der Waals surface area contributed by atoms with E-state index >= 15 is 0 Å². The van der Waals surface area contributed by atoms with E-state index in [1.54, 1.807) is 0 Å². The highest BCUT2D eigenvalue weighted by molar-refractivity contribution is 8.13. The van der Waals surface area contributed by atoms with Gasteiger partial charge in [0.1, 0.15) is 5.82 Å². The molecule has 0 N–H and O–H groups in total. The van der Waals surface area contributed by atoms with Crippen molar-refractivity contribution in [3.63, 3.8) is 0 Å². The van der Waals surface area contributed by atoms with E-state index in [2.05, 4.69) is 15.2 Å². The predicted octanol–water partition coefficient (Wildman–Crippen LogP) is 1.74. The van der Waals surface area contributed by atoms with Crippen LogP contribution in [0.15, 0.2) is 23.6 Å². The number of nitrogens with zero attached hydrogens (tertiary/aromatic N) is 4. The quantitative estimate of drug-likeness (QED) is 0.807. The largest absolute Gasteiger partial charge is 0.296 e. The molecule has 0 radical (unpaired) electrons. The van der Waals surface area contributed by atoms with E-state index < -0.39 is 14.9 Å². The van der Waals surface area contributed by atoms with Crippen molar-refractivity contribution >= 4 is 19.7 Å². The maximum atomic E-state index is 13.2. The van der Waals surface area contributed by atoms with Crippen LogP contribution in [0.5, 0.6) is 0 Å². The summed E-state index contributed by atoms with van der Waals surface area (Å²) in [4.78, 5) is 3.71. The highest BCUT2D eigenvalue weighted by Crippen LogP contribution is 2.40. The monoisotopic (exact) mass is 302 g/mol. The first kappa shape index (κ1) is 12.5. The Morgan fingerprint density at radius 2 is 2.05 bits per heavy atom. The number of hydrogen-bond acceptors (Lipinski definition) is 5. The lowest BCUT2D eigenvalue weighted by atomic mass is 10.2. The Hall–Kier alpha value is -1.54.